The maximum absolute atomic E-state index is 13.2. The number of rotatable bonds is 58. The lowest BCUT2D eigenvalue weighted by Crippen LogP contribution is -2.57. The van der Waals surface area contributed by atoms with Crippen LogP contribution in [0.3, 0.4) is 0 Å². The van der Waals surface area contributed by atoms with Gasteiger partial charge in [-0.25, -0.2) is 0 Å². The molecule has 2 unspecified atom stereocenters. The van der Waals surface area contributed by atoms with Gasteiger partial charge in [-0.15, -0.1) is 0 Å². The van der Waals surface area contributed by atoms with Crippen LogP contribution in [0.4, 0.5) is 0 Å². The average Bonchev–Trinajstić information content (AvgIpc) is 0.821. The van der Waals surface area contributed by atoms with Gasteiger partial charge in [0.2, 0.25) is 0 Å². The van der Waals surface area contributed by atoms with Crippen molar-refractivity contribution in [2.24, 2.45) is 0 Å². The van der Waals surface area contributed by atoms with Gasteiger partial charge >= 0.3 is 374 Å². The van der Waals surface area contributed by atoms with Gasteiger partial charge in [-0.1, -0.05) is 0 Å². The highest BCUT2D eigenvalue weighted by atomic mass is 30.1. The van der Waals surface area contributed by atoms with Crippen molar-refractivity contribution in [3.8, 4) is 6.07 Å². The van der Waals surface area contributed by atoms with E-state index >= 15 is 0 Å². The molecule has 0 amide bonds. The van der Waals surface area contributed by atoms with Crippen LogP contribution < -0.4 is 0 Å². The molecule has 0 aromatic rings. The Labute approximate surface area is 703 Å². The molecule has 592 valence electrons. The van der Waals surface area contributed by atoms with E-state index in [2.05, 4.69) is 0 Å². The monoisotopic (exact) mass is 2450 g/mol. The third-order valence-corrected chi connectivity index (χ3v) is 376. The highest BCUT2D eigenvalue weighted by molar-refractivity contribution is 7.86. The molecule has 0 bridgehead atoms. The van der Waals surface area contributed by atoms with Crippen LogP contribution in [0.25, 0.3) is 0 Å². The van der Waals surface area contributed by atoms with Gasteiger partial charge in [0.05, 0.1) is 6.07 Å². The molecule has 0 aromatic carbocycles. The highest BCUT2D eigenvalue weighted by Gasteiger charge is 2.61. The minimum absolute atomic E-state index is 0.705. The summed E-state index contributed by atoms with van der Waals surface area (Å²) in [6.45, 7) is 12.0. The van der Waals surface area contributed by atoms with E-state index in [0.29, 0.717) is 0 Å². The molecule has 0 fully saturated rings. The summed E-state index contributed by atoms with van der Waals surface area (Å²) >= 11 is 0. The van der Waals surface area contributed by atoms with E-state index < -0.39 is 422 Å². The second kappa shape index (κ2) is 51.8. The zero-order valence-corrected chi connectivity index (χ0v) is 109. The molecule has 2 atom stereocenters. The van der Waals surface area contributed by atoms with Gasteiger partial charge < -0.3 is 226 Å². The number of nitriles is 1. The Bertz CT molecular complexity index is 5120. The standard InChI is InChI=1S/C11H29NO51Si52/c1-66(62-114(5,6)7)61-67(13)71(17)75(21)79(25)83(29)87(33)91(37)95(41)99(45)103(49)105(51)107(53)109(55)111(57)112(58)110(56)108(54)106(52)104(50)102(48)98(44)94(40)90(36)86(32)82(28)78(24)74(20)70(16)65-60-115(8,11-9-10-12)63-68(14)72(18)76(22)80(26)84(30)88(34)92(38)96(42)100(46)101(47)97(43)93(39)89(35)85(31)81(27)77(23)73(19)69(15)64-59-113(2,3)4/h66H,9,11H2,1-8H3. The topological polar surface area (TPSA) is 855 Å². The van der Waals surface area contributed by atoms with E-state index in [-0.39, 0.29) is 0 Å². The zero-order chi connectivity index (χ0) is 90.7. The molecule has 0 N–H and O–H groups in total. The molecule has 0 saturated carbocycles. The highest BCUT2D eigenvalue weighted by Crippen LogP contribution is 2.16. The minimum atomic E-state index is -4.87. The van der Waals surface area contributed by atoms with Gasteiger partial charge in [-0.2, -0.15) is 5.26 Å². The molecule has 0 saturated heterocycles. The minimum Gasteiger partial charge on any atom is -0.560 e. The molecule has 0 rings (SSSR count). The van der Waals surface area contributed by atoms with Crippen LogP contribution in [-0.4, -0.2) is 410 Å². The maximum atomic E-state index is 13.2. The zero-order valence-electron chi connectivity index (χ0n) is 57.3. The van der Waals surface area contributed by atoms with Crippen LogP contribution in [-0.2, 0) is 226 Å². The van der Waals surface area contributed by atoms with E-state index in [4.69, 9.17) is 20.6 Å². The van der Waals surface area contributed by atoms with Crippen molar-refractivity contribution in [1.29, 1.82) is 5.26 Å². The van der Waals surface area contributed by atoms with E-state index in [1.54, 1.807) is 39.3 Å². The second-order valence-corrected chi connectivity index (χ2v) is 259. The Hall–Kier alpha value is 1.05. The molecule has 0 heterocycles. The van der Waals surface area contributed by atoms with Gasteiger partial charge in [-0.05, 0) is 52.4 Å². The van der Waals surface area contributed by atoms with Crippen LogP contribution in [0, 0.1) is 11.3 Å². The average molecular weight is 2450 g/mol. The van der Waals surface area contributed by atoms with Crippen LogP contribution >= 0.6 is 0 Å². The Morgan fingerprint density at radius 2 is 0.409 bits per heavy atom. The van der Waals surface area contributed by atoms with Gasteiger partial charge in [-0.3, -0.25) is 0 Å². The lowest BCUT2D eigenvalue weighted by molar-refractivity contribution is 0.381. The fraction of sp³-hybridized carbons (Fsp3) is 0.909. The van der Waals surface area contributed by atoms with Crippen LogP contribution in [0.15, 0.2) is 0 Å². The Morgan fingerprint density at radius 3 is 0.583 bits per heavy atom. The van der Waals surface area contributed by atoms with Crippen LogP contribution in [0.1, 0.15) is 6.42 Å². The SMILES string of the molecule is C[SiH](O[Si](=O)[Si](=O)[Si](=O)[Si](=O)[Si](=O)[Si](=O)[Si](=O)[Si](=O)[Si](=O)[Si](=O)[Si](=O)[Si](=O)[Si](=O)[Si](=O)[Si](=O)[Si](=O)[Si](=O)[Si](=O)[Si](=O)[Si](=O)[Si](=O)[Si](=O)[Si](=O)[Si](=O)[Si](=O)[Si](=O)[Si](=O)[Si](=O)[Si]O[Si](C)(CCC#N)O[Si](=O)[Si](=O)[Si](=O)[Si](=O)[Si](=O)[Si](=O)[Si](=O)[Si](=O)[Si](=O)[Si](=O)[Si](=O)[Si](=O)[Si](=O)[Si](=O)[Si](=O)[Si](=O)[Si](=O)[Si](=O)[Si]O[Si](C)(C)C)O[Si](C)(C)C. The van der Waals surface area contributed by atoms with E-state index in [1.165, 1.54) is 12.6 Å². The van der Waals surface area contributed by atoms with E-state index in [1.807, 2.05) is 0 Å². The molecule has 52 nitrogen and oxygen atoms in total. The molecule has 0 spiro atoms. The molecule has 0 aromatic heterocycles. The third-order valence-electron chi connectivity index (χ3n) is 11.6. The summed E-state index contributed by atoms with van der Waals surface area (Å²) in [7, 11) is -225. The summed E-state index contributed by atoms with van der Waals surface area (Å²) in [6.07, 6.45) is -0.705. The Morgan fingerprint density at radius 1 is 0.243 bits per heavy atom. The predicted octanol–water partition coefficient (Wildman–Crippen LogP) is -20.3. The number of nitrogens with zero attached hydrogens (tertiary/aromatic N) is 1. The second-order valence-electron chi connectivity index (χ2n) is 22.4. The van der Waals surface area contributed by atoms with Gasteiger partial charge in [0.15, 0.2) is 16.6 Å². The Kier molecular flexibility index (Phi) is 52.2. The van der Waals surface area contributed by atoms with Crippen molar-refractivity contribution in [2.45, 2.75) is 64.8 Å². The van der Waals surface area contributed by atoms with Gasteiger partial charge in [0, 0.05) is 12.5 Å². The summed E-state index contributed by atoms with van der Waals surface area (Å²) in [5.41, 5.74) is 0. The summed E-state index contributed by atoms with van der Waals surface area (Å²) in [6, 6.07) is 0.759. The predicted molar refractivity (Wildman–Crippen MR) is 400 cm³/mol. The lowest BCUT2D eigenvalue weighted by atomic mass is 10.6. The number of hydrogen-bond acceptors (Lipinski definition) is 52. The molecular formula is C11H29NO51Si52. The van der Waals surface area contributed by atoms with E-state index in [0.717, 1.165) is 6.55 Å². The molecule has 4 radical (unpaired) electrons. The molecule has 0 aliphatic rings. The normalized spacial score (nSPS) is 11.3. The fourth-order valence-corrected chi connectivity index (χ4v) is 539. The lowest BCUT2D eigenvalue weighted by Gasteiger charge is -2.25. The number of hydrogen-bond donors (Lipinski definition) is 0. The van der Waals surface area contributed by atoms with Gasteiger partial charge in [0.25, 0.3) is 18.6 Å². The first-order valence-electron chi connectivity index (χ1n) is 28.5. The quantitative estimate of drug-likeness (QED) is 0.0510. The molecule has 0 aliphatic carbocycles. The van der Waals surface area contributed by atoms with Crippen molar-refractivity contribution < 1.29 is 226 Å². The summed E-state index contributed by atoms with van der Waals surface area (Å²) in [4.78, 5) is 0. The summed E-state index contributed by atoms with van der Waals surface area (Å²) in [5.74, 6) is 0. The summed E-state index contributed by atoms with van der Waals surface area (Å²) < 4.78 is 619. The maximum Gasteiger partial charge on any atom is 0.533 e. The smallest absolute Gasteiger partial charge is 0.533 e. The van der Waals surface area contributed by atoms with Crippen LogP contribution in [0.2, 0.25) is 58.4 Å². The third kappa shape index (κ3) is 34.0. The first-order valence-corrected chi connectivity index (χ1v) is 152. The molecule has 115 heavy (non-hydrogen) atoms. The van der Waals surface area contributed by atoms with Crippen LogP contribution in [0.5, 0.6) is 0 Å². The first-order chi connectivity index (χ1) is 52.2. The van der Waals surface area contributed by atoms with Crippen molar-refractivity contribution in [2.75, 3.05) is 0 Å². The largest absolute Gasteiger partial charge is 0.560 e. The summed E-state index contributed by atoms with van der Waals surface area (Å²) in [5, 5.41) is 9.19. The fourth-order valence-electron chi connectivity index (χ4n) is 6.13. The van der Waals surface area contributed by atoms with E-state index in [9.17, 15) is 211 Å². The van der Waals surface area contributed by atoms with Crippen molar-refractivity contribution in [3.05, 3.63) is 0 Å². The molecule has 104 heteroatoms. The van der Waals surface area contributed by atoms with Crippen molar-refractivity contribution >= 4 is 410 Å². The first kappa shape index (κ1) is 116. The van der Waals surface area contributed by atoms with Gasteiger partial charge in [0.1, 0.15) is 0 Å². The van der Waals surface area contributed by atoms with Crippen molar-refractivity contribution in [1.82, 2.24) is 0 Å². The molecular weight excluding hydrogens is 2420 g/mol. The van der Waals surface area contributed by atoms with Crippen molar-refractivity contribution in [3.63, 3.8) is 0 Å². The Balaban J connectivity index is 6.05. The molecule has 0 aliphatic heterocycles.